The first-order valence-corrected chi connectivity index (χ1v) is 8.10. The molecule has 2 N–H and O–H groups in total. The van der Waals surface area contributed by atoms with Crippen LogP contribution in [-0.2, 0) is 0 Å². The summed E-state index contributed by atoms with van der Waals surface area (Å²) >= 11 is 1.84. The number of hydrogen-bond acceptors (Lipinski definition) is 2. The van der Waals surface area contributed by atoms with Gasteiger partial charge in [-0.1, -0.05) is 56.3 Å². The van der Waals surface area contributed by atoms with Crippen molar-refractivity contribution in [2.75, 3.05) is 5.75 Å². The Morgan fingerprint density at radius 3 is 2.15 bits per heavy atom. The fourth-order valence-corrected chi connectivity index (χ4v) is 3.14. The largest absolute Gasteiger partial charge is 0.323 e. The number of rotatable bonds is 5. The summed E-state index contributed by atoms with van der Waals surface area (Å²) < 4.78 is 0. The number of thioether (sulfide) groups is 1. The zero-order valence-electron chi connectivity index (χ0n) is 12.5. The second-order valence-corrected chi connectivity index (χ2v) is 6.57. The molecule has 2 heteroatoms. The molecule has 2 aromatic carbocycles. The fourth-order valence-electron chi connectivity index (χ4n) is 2.12. The molecule has 0 aliphatic carbocycles. The predicted octanol–water partition coefficient (Wildman–Crippen LogP) is 4.91. The number of aryl methyl sites for hydroxylation is 1. The molecule has 0 saturated carbocycles. The van der Waals surface area contributed by atoms with E-state index in [4.69, 9.17) is 5.73 Å². The third-order valence-electron chi connectivity index (χ3n) is 3.54. The van der Waals surface area contributed by atoms with E-state index in [9.17, 15) is 0 Å². The van der Waals surface area contributed by atoms with Gasteiger partial charge in [0.25, 0.3) is 0 Å². The van der Waals surface area contributed by atoms with Crippen LogP contribution in [-0.4, -0.2) is 5.75 Å². The Balaban J connectivity index is 1.98. The van der Waals surface area contributed by atoms with E-state index in [1.165, 1.54) is 21.6 Å². The smallest absolute Gasteiger partial charge is 0.0390 e. The minimum absolute atomic E-state index is 0.0841. The van der Waals surface area contributed by atoms with Crippen LogP contribution in [0.3, 0.4) is 0 Å². The van der Waals surface area contributed by atoms with Crippen molar-refractivity contribution in [3.8, 4) is 0 Å². The second-order valence-electron chi connectivity index (χ2n) is 5.50. The van der Waals surface area contributed by atoms with Crippen molar-refractivity contribution < 1.29 is 0 Å². The number of hydrogen-bond donors (Lipinski definition) is 1. The third-order valence-corrected chi connectivity index (χ3v) is 4.84. The zero-order valence-corrected chi connectivity index (χ0v) is 13.3. The van der Waals surface area contributed by atoms with Crippen LogP contribution in [0.1, 0.15) is 42.5 Å². The maximum absolute atomic E-state index is 6.30. The molecule has 0 aliphatic rings. The normalized spacial score (nSPS) is 12.7. The zero-order chi connectivity index (χ0) is 14.5. The average Bonchev–Trinajstić information content (AvgIpc) is 2.46. The Morgan fingerprint density at radius 1 is 0.950 bits per heavy atom. The molecule has 0 amide bonds. The summed E-state index contributed by atoms with van der Waals surface area (Å²) in [6.45, 7) is 6.57. The lowest BCUT2D eigenvalue weighted by molar-refractivity contribution is 0.822. The van der Waals surface area contributed by atoms with Gasteiger partial charge in [-0.25, -0.2) is 0 Å². The van der Waals surface area contributed by atoms with Crippen LogP contribution in [0.15, 0.2) is 53.4 Å². The third kappa shape index (κ3) is 3.87. The molecule has 0 bridgehead atoms. The second kappa shape index (κ2) is 6.96. The summed E-state index contributed by atoms with van der Waals surface area (Å²) in [5.74, 6) is 1.48. The molecule has 0 aromatic heterocycles. The standard InChI is InChI=1S/C18H23NS/c1-13(2)15-8-10-16(11-9-15)17(19)12-20-18-7-5-4-6-14(18)3/h4-11,13,17H,12,19H2,1-3H3. The summed E-state index contributed by atoms with van der Waals surface area (Å²) in [5, 5.41) is 0. The van der Waals surface area contributed by atoms with Gasteiger partial charge in [0.2, 0.25) is 0 Å². The molecule has 0 spiro atoms. The lowest BCUT2D eigenvalue weighted by Crippen LogP contribution is -2.13. The van der Waals surface area contributed by atoms with Gasteiger partial charge in [0.1, 0.15) is 0 Å². The van der Waals surface area contributed by atoms with Crippen molar-refractivity contribution in [1.29, 1.82) is 0 Å². The lowest BCUT2D eigenvalue weighted by atomic mass is 10.00. The van der Waals surface area contributed by atoms with Crippen LogP contribution in [0.2, 0.25) is 0 Å². The van der Waals surface area contributed by atoms with Crippen molar-refractivity contribution in [2.45, 2.75) is 37.6 Å². The van der Waals surface area contributed by atoms with Crippen LogP contribution in [0, 0.1) is 6.92 Å². The molecule has 2 aromatic rings. The van der Waals surface area contributed by atoms with Gasteiger partial charge in [0.15, 0.2) is 0 Å². The van der Waals surface area contributed by atoms with Gasteiger partial charge in [0.05, 0.1) is 0 Å². The maximum Gasteiger partial charge on any atom is 0.0390 e. The summed E-state index contributed by atoms with van der Waals surface area (Å²) in [6.07, 6.45) is 0. The van der Waals surface area contributed by atoms with Crippen molar-refractivity contribution in [3.05, 3.63) is 65.2 Å². The van der Waals surface area contributed by atoms with Gasteiger partial charge in [-0.2, -0.15) is 0 Å². The highest BCUT2D eigenvalue weighted by Gasteiger charge is 2.08. The average molecular weight is 285 g/mol. The van der Waals surface area contributed by atoms with Gasteiger partial charge < -0.3 is 5.73 Å². The van der Waals surface area contributed by atoms with E-state index in [0.29, 0.717) is 5.92 Å². The molecule has 1 nitrogen and oxygen atoms in total. The summed E-state index contributed by atoms with van der Waals surface area (Å²) in [7, 11) is 0. The van der Waals surface area contributed by atoms with Crippen molar-refractivity contribution in [1.82, 2.24) is 0 Å². The molecular weight excluding hydrogens is 262 g/mol. The van der Waals surface area contributed by atoms with Crippen molar-refractivity contribution in [2.24, 2.45) is 5.73 Å². The molecule has 106 valence electrons. The van der Waals surface area contributed by atoms with Crippen LogP contribution in [0.5, 0.6) is 0 Å². The van der Waals surface area contributed by atoms with Crippen LogP contribution >= 0.6 is 11.8 Å². The van der Waals surface area contributed by atoms with Gasteiger partial charge in [-0.3, -0.25) is 0 Å². The Morgan fingerprint density at radius 2 is 1.55 bits per heavy atom. The van der Waals surface area contributed by atoms with Gasteiger partial charge >= 0.3 is 0 Å². The molecular formula is C18H23NS. The minimum atomic E-state index is 0.0841. The molecule has 0 saturated heterocycles. The molecule has 1 unspecified atom stereocenters. The van der Waals surface area contributed by atoms with Gasteiger partial charge in [-0.15, -0.1) is 11.8 Å². The fraction of sp³-hybridized carbons (Fsp3) is 0.333. The first-order valence-electron chi connectivity index (χ1n) is 7.12. The predicted molar refractivity (Wildman–Crippen MR) is 89.4 cm³/mol. The number of benzene rings is 2. The molecule has 0 aliphatic heterocycles. The lowest BCUT2D eigenvalue weighted by Gasteiger charge is -2.14. The quantitative estimate of drug-likeness (QED) is 0.790. The van der Waals surface area contributed by atoms with Crippen molar-refractivity contribution in [3.63, 3.8) is 0 Å². The van der Waals surface area contributed by atoms with Gasteiger partial charge in [0, 0.05) is 16.7 Å². The molecule has 1 atom stereocenters. The molecule has 0 fully saturated rings. The minimum Gasteiger partial charge on any atom is -0.323 e. The summed E-state index contributed by atoms with van der Waals surface area (Å²) in [4.78, 5) is 1.32. The number of nitrogens with two attached hydrogens (primary N) is 1. The molecule has 20 heavy (non-hydrogen) atoms. The van der Waals surface area contributed by atoms with E-state index in [1.807, 2.05) is 11.8 Å². The monoisotopic (exact) mass is 285 g/mol. The maximum atomic E-state index is 6.30. The van der Waals surface area contributed by atoms with Gasteiger partial charge in [-0.05, 0) is 35.6 Å². The van der Waals surface area contributed by atoms with Crippen LogP contribution < -0.4 is 5.73 Å². The van der Waals surface area contributed by atoms with Crippen LogP contribution in [0.4, 0.5) is 0 Å². The summed E-state index contributed by atoms with van der Waals surface area (Å²) in [6, 6.07) is 17.3. The van der Waals surface area contributed by atoms with E-state index in [2.05, 4.69) is 69.3 Å². The highest BCUT2D eigenvalue weighted by molar-refractivity contribution is 7.99. The summed E-state index contributed by atoms with van der Waals surface area (Å²) in [5.41, 5.74) is 10.2. The highest BCUT2D eigenvalue weighted by Crippen LogP contribution is 2.26. The first-order chi connectivity index (χ1) is 9.58. The van der Waals surface area contributed by atoms with E-state index in [1.54, 1.807) is 0 Å². The molecule has 0 radical (unpaired) electrons. The van der Waals surface area contributed by atoms with E-state index in [0.717, 1.165) is 5.75 Å². The van der Waals surface area contributed by atoms with E-state index in [-0.39, 0.29) is 6.04 Å². The topological polar surface area (TPSA) is 26.0 Å². The Hall–Kier alpha value is -1.25. The van der Waals surface area contributed by atoms with Crippen LogP contribution in [0.25, 0.3) is 0 Å². The van der Waals surface area contributed by atoms with E-state index < -0.39 is 0 Å². The molecule has 0 heterocycles. The molecule has 2 rings (SSSR count). The highest BCUT2D eigenvalue weighted by atomic mass is 32.2. The Bertz CT molecular complexity index is 546. The Labute approximate surface area is 126 Å². The Kier molecular flexibility index (Phi) is 5.27. The van der Waals surface area contributed by atoms with Crippen molar-refractivity contribution >= 4 is 11.8 Å². The SMILES string of the molecule is Cc1ccccc1SCC(N)c1ccc(C(C)C)cc1. The first kappa shape index (κ1) is 15.1. The van der Waals surface area contributed by atoms with E-state index >= 15 is 0 Å².